The Balaban J connectivity index is 2.33. The summed E-state index contributed by atoms with van der Waals surface area (Å²) in [5.74, 6) is -2.87. The molecule has 17 heavy (non-hydrogen) atoms. The lowest BCUT2D eigenvalue weighted by molar-refractivity contribution is 0.0696. The van der Waals surface area contributed by atoms with E-state index < -0.39 is 17.6 Å². The standard InChI is InChI=1S/C12H13F2NO2/c1-2-7-5-15(6-7)11-4-10(14)9(13)3-8(11)12(16)17/h3-4,7H,2,5-6H2,1H3,(H,16,17). The van der Waals surface area contributed by atoms with Gasteiger partial charge < -0.3 is 10.0 Å². The van der Waals surface area contributed by atoms with Crippen LogP contribution in [-0.4, -0.2) is 24.2 Å². The summed E-state index contributed by atoms with van der Waals surface area (Å²) in [5.41, 5.74) is 0.0829. The van der Waals surface area contributed by atoms with Crippen LogP contribution < -0.4 is 4.90 Å². The van der Waals surface area contributed by atoms with Crippen LogP contribution in [0.25, 0.3) is 0 Å². The van der Waals surface area contributed by atoms with E-state index in [4.69, 9.17) is 5.11 Å². The first-order valence-corrected chi connectivity index (χ1v) is 5.50. The van der Waals surface area contributed by atoms with Gasteiger partial charge >= 0.3 is 5.97 Å². The van der Waals surface area contributed by atoms with Gasteiger partial charge in [0.25, 0.3) is 0 Å². The number of carbonyl (C=O) groups is 1. The second-order valence-corrected chi connectivity index (χ2v) is 4.27. The molecule has 5 heteroatoms. The fourth-order valence-electron chi connectivity index (χ4n) is 1.99. The maximum atomic E-state index is 13.1. The summed E-state index contributed by atoms with van der Waals surface area (Å²) in [7, 11) is 0. The van der Waals surface area contributed by atoms with Gasteiger partial charge in [-0.3, -0.25) is 0 Å². The minimum absolute atomic E-state index is 0.182. The molecule has 1 heterocycles. The Labute approximate surface area is 97.7 Å². The fraction of sp³-hybridized carbons (Fsp3) is 0.417. The molecular weight excluding hydrogens is 228 g/mol. The van der Waals surface area contributed by atoms with Crippen molar-refractivity contribution in [3.8, 4) is 0 Å². The number of hydrogen-bond donors (Lipinski definition) is 1. The molecule has 1 aliphatic rings. The monoisotopic (exact) mass is 241 g/mol. The average molecular weight is 241 g/mol. The lowest BCUT2D eigenvalue weighted by Gasteiger charge is -2.41. The van der Waals surface area contributed by atoms with Gasteiger partial charge in [-0.05, 0) is 18.4 Å². The molecule has 2 rings (SSSR count). The van der Waals surface area contributed by atoms with Gasteiger partial charge in [-0.15, -0.1) is 0 Å². The molecule has 0 spiro atoms. The summed E-state index contributed by atoms with van der Waals surface area (Å²) in [6.45, 7) is 3.44. The molecule has 0 atom stereocenters. The van der Waals surface area contributed by atoms with E-state index in [2.05, 4.69) is 0 Å². The number of benzene rings is 1. The highest BCUT2D eigenvalue weighted by molar-refractivity contribution is 5.94. The predicted octanol–water partition coefficient (Wildman–Crippen LogP) is 2.51. The Morgan fingerprint density at radius 3 is 2.53 bits per heavy atom. The normalized spacial score (nSPS) is 15.8. The third-order valence-electron chi connectivity index (χ3n) is 3.14. The lowest BCUT2D eigenvalue weighted by atomic mass is 9.95. The SMILES string of the molecule is CCC1CN(c2cc(F)c(F)cc2C(=O)O)C1. The molecule has 0 saturated carbocycles. The highest BCUT2D eigenvalue weighted by atomic mass is 19.2. The Bertz CT molecular complexity index is 456. The molecule has 1 aromatic carbocycles. The Morgan fingerprint density at radius 1 is 1.41 bits per heavy atom. The van der Waals surface area contributed by atoms with Crippen molar-refractivity contribution >= 4 is 11.7 Å². The van der Waals surface area contributed by atoms with Gasteiger partial charge in [0.05, 0.1) is 11.3 Å². The van der Waals surface area contributed by atoms with Crippen LogP contribution >= 0.6 is 0 Å². The van der Waals surface area contributed by atoms with E-state index in [1.54, 1.807) is 4.90 Å². The van der Waals surface area contributed by atoms with Gasteiger partial charge in [0.15, 0.2) is 11.6 Å². The summed E-state index contributed by atoms with van der Waals surface area (Å²) in [6, 6.07) is 1.71. The number of anilines is 1. The van der Waals surface area contributed by atoms with Crippen LogP contribution in [0.3, 0.4) is 0 Å². The number of rotatable bonds is 3. The molecule has 0 radical (unpaired) electrons. The van der Waals surface area contributed by atoms with Crippen molar-refractivity contribution in [2.45, 2.75) is 13.3 Å². The van der Waals surface area contributed by atoms with Gasteiger partial charge in [0.1, 0.15) is 0 Å². The van der Waals surface area contributed by atoms with Crippen molar-refractivity contribution in [1.82, 2.24) is 0 Å². The van der Waals surface area contributed by atoms with Crippen molar-refractivity contribution in [1.29, 1.82) is 0 Å². The first-order valence-electron chi connectivity index (χ1n) is 5.50. The van der Waals surface area contributed by atoms with Crippen LogP contribution in [0.4, 0.5) is 14.5 Å². The molecule has 0 bridgehead atoms. The minimum atomic E-state index is -1.24. The minimum Gasteiger partial charge on any atom is -0.478 e. The summed E-state index contributed by atoms with van der Waals surface area (Å²) >= 11 is 0. The highest BCUT2D eigenvalue weighted by Gasteiger charge is 2.29. The third kappa shape index (κ3) is 2.09. The van der Waals surface area contributed by atoms with E-state index in [0.29, 0.717) is 19.0 Å². The largest absolute Gasteiger partial charge is 0.478 e. The van der Waals surface area contributed by atoms with Gasteiger partial charge in [0.2, 0.25) is 0 Å². The number of hydrogen-bond acceptors (Lipinski definition) is 2. The third-order valence-corrected chi connectivity index (χ3v) is 3.14. The average Bonchev–Trinajstić information content (AvgIpc) is 2.21. The summed E-state index contributed by atoms with van der Waals surface area (Å²) in [4.78, 5) is 12.7. The Kier molecular flexibility index (Phi) is 3.00. The molecule has 1 saturated heterocycles. The lowest BCUT2D eigenvalue weighted by Crippen LogP contribution is -2.47. The maximum Gasteiger partial charge on any atom is 0.337 e. The molecule has 1 N–H and O–H groups in total. The summed E-state index contributed by atoms with van der Waals surface area (Å²) < 4.78 is 26.1. The topological polar surface area (TPSA) is 40.5 Å². The van der Waals surface area contributed by atoms with Crippen LogP contribution in [0.15, 0.2) is 12.1 Å². The Hall–Kier alpha value is -1.65. The molecule has 1 aliphatic heterocycles. The number of aromatic carboxylic acids is 1. The smallest absolute Gasteiger partial charge is 0.337 e. The van der Waals surface area contributed by atoms with Crippen molar-refractivity contribution in [2.24, 2.45) is 5.92 Å². The summed E-state index contributed by atoms with van der Waals surface area (Å²) in [6.07, 6.45) is 1.00. The van der Waals surface area contributed by atoms with Crippen molar-refractivity contribution in [3.63, 3.8) is 0 Å². The molecule has 1 fully saturated rings. The van der Waals surface area contributed by atoms with Gasteiger partial charge in [-0.25, -0.2) is 13.6 Å². The van der Waals surface area contributed by atoms with E-state index in [-0.39, 0.29) is 11.3 Å². The number of nitrogens with zero attached hydrogens (tertiary/aromatic N) is 1. The molecule has 0 amide bonds. The zero-order valence-corrected chi connectivity index (χ0v) is 9.41. The molecule has 0 aliphatic carbocycles. The zero-order chi connectivity index (χ0) is 12.6. The first kappa shape index (κ1) is 11.8. The molecule has 92 valence electrons. The summed E-state index contributed by atoms with van der Waals surface area (Å²) in [5, 5.41) is 8.96. The number of halogens is 2. The van der Waals surface area contributed by atoms with Crippen LogP contribution in [0.1, 0.15) is 23.7 Å². The van der Waals surface area contributed by atoms with Crippen LogP contribution in [0, 0.1) is 17.6 Å². The molecular formula is C12H13F2NO2. The molecule has 3 nitrogen and oxygen atoms in total. The van der Waals surface area contributed by atoms with Crippen LogP contribution in [0.2, 0.25) is 0 Å². The zero-order valence-electron chi connectivity index (χ0n) is 9.41. The van der Waals surface area contributed by atoms with E-state index >= 15 is 0 Å². The van der Waals surface area contributed by atoms with E-state index in [0.717, 1.165) is 18.6 Å². The van der Waals surface area contributed by atoms with Crippen molar-refractivity contribution < 1.29 is 18.7 Å². The van der Waals surface area contributed by atoms with Gasteiger partial charge in [0, 0.05) is 19.2 Å². The van der Waals surface area contributed by atoms with Crippen LogP contribution in [0.5, 0.6) is 0 Å². The van der Waals surface area contributed by atoms with Gasteiger partial charge in [-0.1, -0.05) is 6.92 Å². The Morgan fingerprint density at radius 2 is 2.00 bits per heavy atom. The van der Waals surface area contributed by atoms with Gasteiger partial charge in [-0.2, -0.15) is 0 Å². The highest BCUT2D eigenvalue weighted by Crippen LogP contribution is 2.31. The van der Waals surface area contributed by atoms with E-state index in [9.17, 15) is 13.6 Å². The fourth-order valence-corrected chi connectivity index (χ4v) is 1.99. The molecule has 0 aromatic heterocycles. The predicted molar refractivity (Wildman–Crippen MR) is 59.3 cm³/mol. The second-order valence-electron chi connectivity index (χ2n) is 4.27. The quantitative estimate of drug-likeness (QED) is 0.883. The molecule has 0 unspecified atom stereocenters. The number of carboxylic acid groups (broad SMARTS) is 1. The van der Waals surface area contributed by atoms with Crippen LogP contribution in [-0.2, 0) is 0 Å². The first-order chi connectivity index (χ1) is 8.02. The second kappa shape index (κ2) is 4.31. The van der Waals surface area contributed by atoms with E-state index in [1.807, 2.05) is 6.92 Å². The molecule has 1 aromatic rings. The van der Waals surface area contributed by atoms with Crippen molar-refractivity contribution in [2.75, 3.05) is 18.0 Å². The maximum absolute atomic E-state index is 13.1. The number of carboxylic acids is 1. The van der Waals surface area contributed by atoms with Crippen molar-refractivity contribution in [3.05, 3.63) is 29.3 Å². The van der Waals surface area contributed by atoms with E-state index in [1.165, 1.54) is 0 Å².